The van der Waals surface area contributed by atoms with E-state index in [4.69, 9.17) is 14.6 Å². The van der Waals surface area contributed by atoms with Crippen LogP contribution in [0.15, 0.2) is 16.6 Å². The molecule has 0 aliphatic carbocycles. The molecule has 1 aromatic rings. The number of hydrogen-bond acceptors (Lipinski definition) is 4. The standard InChI is InChI=1S/C14H20BrNO3/c15-12-7-11(8-13-14(12)19-10-18-13)9-16-5-3-1-2-4-6-17/h7-8,16-17H,1-6,9-10H2. The first-order valence-electron chi connectivity index (χ1n) is 6.71. The Kier molecular flexibility index (Phi) is 5.94. The number of unbranched alkanes of at least 4 members (excludes halogenated alkanes) is 3. The van der Waals surface area contributed by atoms with Gasteiger partial charge in [0.15, 0.2) is 11.5 Å². The highest BCUT2D eigenvalue weighted by atomic mass is 79.9. The summed E-state index contributed by atoms with van der Waals surface area (Å²) in [6.07, 6.45) is 4.33. The highest BCUT2D eigenvalue weighted by Crippen LogP contribution is 2.39. The summed E-state index contributed by atoms with van der Waals surface area (Å²) in [5.74, 6) is 1.61. The number of benzene rings is 1. The molecule has 19 heavy (non-hydrogen) atoms. The maximum absolute atomic E-state index is 8.68. The molecule has 4 nitrogen and oxygen atoms in total. The largest absolute Gasteiger partial charge is 0.454 e. The van der Waals surface area contributed by atoms with E-state index in [2.05, 4.69) is 27.3 Å². The van der Waals surface area contributed by atoms with E-state index in [1.165, 1.54) is 12.0 Å². The van der Waals surface area contributed by atoms with Crippen LogP contribution in [0, 0.1) is 0 Å². The maximum Gasteiger partial charge on any atom is 0.231 e. The van der Waals surface area contributed by atoms with Crippen LogP contribution in [0.2, 0.25) is 0 Å². The molecule has 1 aromatic carbocycles. The highest BCUT2D eigenvalue weighted by molar-refractivity contribution is 9.10. The summed E-state index contributed by atoms with van der Waals surface area (Å²) in [6.45, 7) is 2.43. The molecule has 106 valence electrons. The summed E-state index contributed by atoms with van der Waals surface area (Å²) in [7, 11) is 0. The number of rotatable bonds is 8. The van der Waals surface area contributed by atoms with Gasteiger partial charge in [-0.1, -0.05) is 12.8 Å². The molecule has 0 radical (unpaired) electrons. The van der Waals surface area contributed by atoms with Gasteiger partial charge in [0.05, 0.1) is 4.47 Å². The third-order valence-electron chi connectivity index (χ3n) is 3.08. The minimum Gasteiger partial charge on any atom is -0.454 e. The van der Waals surface area contributed by atoms with Gasteiger partial charge in [-0.3, -0.25) is 0 Å². The third kappa shape index (κ3) is 4.37. The van der Waals surface area contributed by atoms with Crippen LogP contribution in [-0.4, -0.2) is 25.1 Å². The zero-order valence-electron chi connectivity index (χ0n) is 11.0. The monoisotopic (exact) mass is 329 g/mol. The lowest BCUT2D eigenvalue weighted by Gasteiger charge is -2.07. The molecule has 2 rings (SSSR count). The van der Waals surface area contributed by atoms with Gasteiger partial charge in [0.25, 0.3) is 0 Å². The second-order valence-electron chi connectivity index (χ2n) is 4.63. The number of fused-ring (bicyclic) bond motifs is 1. The number of nitrogens with one attached hydrogen (secondary N) is 1. The van der Waals surface area contributed by atoms with E-state index >= 15 is 0 Å². The molecular weight excluding hydrogens is 310 g/mol. The van der Waals surface area contributed by atoms with Gasteiger partial charge in [-0.25, -0.2) is 0 Å². The maximum atomic E-state index is 8.68. The topological polar surface area (TPSA) is 50.7 Å². The Balaban J connectivity index is 1.70. The molecule has 0 unspecified atom stereocenters. The van der Waals surface area contributed by atoms with E-state index < -0.39 is 0 Å². The van der Waals surface area contributed by atoms with Crippen LogP contribution in [0.5, 0.6) is 11.5 Å². The van der Waals surface area contributed by atoms with E-state index in [1.54, 1.807) is 0 Å². The van der Waals surface area contributed by atoms with Crippen molar-refractivity contribution in [3.05, 3.63) is 22.2 Å². The van der Waals surface area contributed by atoms with Gasteiger partial charge >= 0.3 is 0 Å². The van der Waals surface area contributed by atoms with Crippen molar-refractivity contribution in [2.24, 2.45) is 0 Å². The smallest absolute Gasteiger partial charge is 0.231 e. The summed E-state index contributed by atoms with van der Waals surface area (Å²) in [4.78, 5) is 0. The average Bonchev–Trinajstić information content (AvgIpc) is 2.86. The molecule has 0 fully saturated rings. The number of hydrogen-bond donors (Lipinski definition) is 2. The zero-order valence-corrected chi connectivity index (χ0v) is 12.5. The van der Waals surface area contributed by atoms with E-state index in [-0.39, 0.29) is 0 Å². The molecule has 0 amide bonds. The van der Waals surface area contributed by atoms with Gasteiger partial charge in [0.2, 0.25) is 6.79 Å². The Morgan fingerprint density at radius 1 is 1.16 bits per heavy atom. The zero-order chi connectivity index (χ0) is 13.5. The molecule has 0 atom stereocenters. The van der Waals surface area contributed by atoms with Crippen LogP contribution in [0.3, 0.4) is 0 Å². The van der Waals surface area contributed by atoms with E-state index in [1.807, 2.05) is 6.07 Å². The molecule has 0 spiro atoms. The van der Waals surface area contributed by atoms with Gasteiger partial charge < -0.3 is 19.9 Å². The molecule has 0 bridgehead atoms. The fourth-order valence-corrected chi connectivity index (χ4v) is 2.67. The summed E-state index contributed by atoms with van der Waals surface area (Å²) < 4.78 is 11.7. The van der Waals surface area contributed by atoms with E-state index in [9.17, 15) is 0 Å². The van der Waals surface area contributed by atoms with Crippen LogP contribution in [0.1, 0.15) is 31.2 Å². The van der Waals surface area contributed by atoms with Crippen molar-refractivity contribution in [2.45, 2.75) is 32.2 Å². The Labute approximate surface area is 122 Å². The summed E-state index contributed by atoms with van der Waals surface area (Å²) in [6, 6.07) is 4.08. The predicted molar refractivity (Wildman–Crippen MR) is 77.5 cm³/mol. The fraction of sp³-hybridized carbons (Fsp3) is 0.571. The quantitative estimate of drug-likeness (QED) is 0.720. The van der Waals surface area contributed by atoms with Gasteiger partial charge in [-0.15, -0.1) is 0 Å². The minimum absolute atomic E-state index is 0.301. The first kappa shape index (κ1) is 14.6. The predicted octanol–water partition coefficient (Wildman–Crippen LogP) is 2.82. The first-order chi connectivity index (χ1) is 9.31. The lowest BCUT2D eigenvalue weighted by atomic mass is 10.2. The van der Waals surface area contributed by atoms with Crippen molar-refractivity contribution in [2.75, 3.05) is 19.9 Å². The van der Waals surface area contributed by atoms with E-state index in [0.29, 0.717) is 13.4 Å². The SMILES string of the molecule is OCCCCCCNCc1cc(Br)c2c(c1)OCO2. The minimum atomic E-state index is 0.301. The molecule has 1 aliphatic heterocycles. The van der Waals surface area contributed by atoms with E-state index in [0.717, 1.165) is 48.3 Å². The van der Waals surface area contributed by atoms with Crippen LogP contribution in [0.4, 0.5) is 0 Å². The summed E-state index contributed by atoms with van der Waals surface area (Å²) >= 11 is 3.49. The summed E-state index contributed by atoms with van der Waals surface area (Å²) in [5.41, 5.74) is 1.19. The molecule has 1 heterocycles. The normalized spacial score (nSPS) is 12.9. The highest BCUT2D eigenvalue weighted by Gasteiger charge is 2.17. The second-order valence-corrected chi connectivity index (χ2v) is 5.48. The molecule has 0 saturated heterocycles. The molecule has 2 N–H and O–H groups in total. The lowest BCUT2D eigenvalue weighted by Crippen LogP contribution is -2.14. The third-order valence-corrected chi connectivity index (χ3v) is 3.67. The Morgan fingerprint density at radius 3 is 2.84 bits per heavy atom. The van der Waals surface area contributed by atoms with Crippen LogP contribution in [-0.2, 0) is 6.54 Å². The van der Waals surface area contributed by atoms with Crippen molar-refractivity contribution < 1.29 is 14.6 Å². The number of aliphatic hydroxyl groups is 1. The Bertz CT molecular complexity index is 412. The number of ether oxygens (including phenoxy) is 2. The molecule has 1 aliphatic rings. The van der Waals surface area contributed by atoms with Crippen molar-refractivity contribution >= 4 is 15.9 Å². The Hall–Kier alpha value is -0.780. The van der Waals surface area contributed by atoms with Gasteiger partial charge in [0.1, 0.15) is 0 Å². The Morgan fingerprint density at radius 2 is 2.00 bits per heavy atom. The van der Waals surface area contributed by atoms with Crippen LogP contribution in [0.25, 0.3) is 0 Å². The number of halogens is 1. The first-order valence-corrected chi connectivity index (χ1v) is 7.50. The van der Waals surface area contributed by atoms with Crippen molar-refractivity contribution in [1.82, 2.24) is 5.32 Å². The van der Waals surface area contributed by atoms with Gasteiger partial charge in [-0.05, 0) is 53.0 Å². The lowest BCUT2D eigenvalue weighted by molar-refractivity contribution is 0.173. The molecular formula is C14H20BrNO3. The van der Waals surface area contributed by atoms with Crippen molar-refractivity contribution in [1.29, 1.82) is 0 Å². The van der Waals surface area contributed by atoms with Gasteiger partial charge in [-0.2, -0.15) is 0 Å². The van der Waals surface area contributed by atoms with Crippen molar-refractivity contribution in [3.63, 3.8) is 0 Å². The fourth-order valence-electron chi connectivity index (χ4n) is 2.07. The summed E-state index contributed by atoms with van der Waals surface area (Å²) in [5, 5.41) is 12.1. The van der Waals surface area contributed by atoms with Gasteiger partial charge in [0, 0.05) is 13.2 Å². The molecule has 0 saturated carbocycles. The van der Waals surface area contributed by atoms with Crippen LogP contribution >= 0.6 is 15.9 Å². The second kappa shape index (κ2) is 7.72. The molecule has 0 aromatic heterocycles. The average molecular weight is 330 g/mol. The molecule has 5 heteroatoms. The number of aliphatic hydroxyl groups excluding tert-OH is 1. The van der Waals surface area contributed by atoms with Crippen LogP contribution < -0.4 is 14.8 Å². The van der Waals surface area contributed by atoms with Crippen molar-refractivity contribution in [3.8, 4) is 11.5 Å².